The van der Waals surface area contributed by atoms with Crippen LogP contribution in [0.25, 0.3) is 0 Å². The van der Waals surface area contributed by atoms with E-state index in [1.165, 1.54) is 0 Å². The summed E-state index contributed by atoms with van der Waals surface area (Å²) < 4.78 is 10.4. The summed E-state index contributed by atoms with van der Waals surface area (Å²) in [7, 11) is 1.63. The van der Waals surface area contributed by atoms with E-state index in [0.29, 0.717) is 31.8 Å². The molecule has 1 aromatic carbocycles. The lowest BCUT2D eigenvalue weighted by molar-refractivity contribution is -0.133. The Morgan fingerprint density at radius 2 is 2.04 bits per heavy atom. The average Bonchev–Trinajstić information content (AvgIpc) is 3.46. The number of carbonyl (C=O) groups is 2. The first-order valence-electron chi connectivity index (χ1n) is 9.76. The minimum absolute atomic E-state index is 0.162. The minimum Gasteiger partial charge on any atom is -0.497 e. The molecular weight excluding hydrogens is 358 g/mol. The quantitative estimate of drug-likeness (QED) is 0.680. The Labute approximate surface area is 165 Å². The van der Waals surface area contributed by atoms with Crippen molar-refractivity contribution in [3.8, 4) is 5.75 Å². The molecule has 28 heavy (non-hydrogen) atoms. The van der Waals surface area contributed by atoms with Crippen LogP contribution < -0.4 is 10.1 Å². The second-order valence-electron chi connectivity index (χ2n) is 7.07. The minimum atomic E-state index is -0.279. The molecule has 0 radical (unpaired) electrons. The fourth-order valence-electron chi connectivity index (χ4n) is 3.01. The SMILES string of the molecule is CCCN(Cc1cc(C(=O)NCCc2ccc(OC)cc2)no1)C(=O)C1CC1. The van der Waals surface area contributed by atoms with Gasteiger partial charge in [-0.25, -0.2) is 0 Å². The lowest BCUT2D eigenvalue weighted by Gasteiger charge is -2.20. The molecule has 7 heteroatoms. The van der Waals surface area contributed by atoms with Crippen LogP contribution in [0.5, 0.6) is 5.75 Å². The van der Waals surface area contributed by atoms with Crippen molar-refractivity contribution in [1.29, 1.82) is 0 Å². The number of methoxy groups -OCH3 is 1. The fraction of sp³-hybridized carbons (Fsp3) is 0.476. The lowest BCUT2D eigenvalue weighted by Crippen LogP contribution is -2.32. The number of benzene rings is 1. The van der Waals surface area contributed by atoms with Crippen LogP contribution in [0.4, 0.5) is 0 Å². The van der Waals surface area contributed by atoms with Crippen molar-refractivity contribution >= 4 is 11.8 Å². The molecule has 0 bridgehead atoms. The van der Waals surface area contributed by atoms with Crippen molar-refractivity contribution in [2.75, 3.05) is 20.2 Å². The van der Waals surface area contributed by atoms with E-state index in [2.05, 4.69) is 10.5 Å². The third-order valence-corrected chi connectivity index (χ3v) is 4.73. The van der Waals surface area contributed by atoms with Gasteiger partial charge < -0.3 is 19.5 Å². The van der Waals surface area contributed by atoms with Crippen molar-refractivity contribution in [3.63, 3.8) is 0 Å². The molecule has 1 N–H and O–H groups in total. The van der Waals surface area contributed by atoms with Crippen molar-refractivity contribution in [2.45, 2.75) is 39.2 Å². The molecule has 1 aromatic heterocycles. The first kappa shape index (κ1) is 19.9. The fourth-order valence-corrected chi connectivity index (χ4v) is 3.01. The normalized spacial score (nSPS) is 13.2. The molecular formula is C21H27N3O4. The van der Waals surface area contributed by atoms with Crippen LogP contribution in [0.15, 0.2) is 34.9 Å². The monoisotopic (exact) mass is 385 g/mol. The zero-order chi connectivity index (χ0) is 19.9. The van der Waals surface area contributed by atoms with Gasteiger partial charge in [0.1, 0.15) is 5.75 Å². The maximum Gasteiger partial charge on any atom is 0.273 e. The van der Waals surface area contributed by atoms with E-state index in [1.807, 2.05) is 31.2 Å². The first-order chi connectivity index (χ1) is 13.6. The maximum atomic E-state index is 12.3. The van der Waals surface area contributed by atoms with E-state index in [0.717, 1.165) is 30.6 Å². The van der Waals surface area contributed by atoms with E-state index in [1.54, 1.807) is 18.1 Å². The highest BCUT2D eigenvalue weighted by atomic mass is 16.5. The Hall–Kier alpha value is -2.83. The molecule has 0 aliphatic heterocycles. The molecule has 150 valence electrons. The van der Waals surface area contributed by atoms with Crippen LogP contribution in [-0.2, 0) is 17.8 Å². The summed E-state index contributed by atoms with van der Waals surface area (Å²) >= 11 is 0. The zero-order valence-corrected chi connectivity index (χ0v) is 16.4. The van der Waals surface area contributed by atoms with E-state index in [-0.39, 0.29) is 23.4 Å². The van der Waals surface area contributed by atoms with E-state index in [4.69, 9.17) is 9.26 Å². The van der Waals surface area contributed by atoms with Crippen molar-refractivity contribution < 1.29 is 18.8 Å². The highest BCUT2D eigenvalue weighted by Gasteiger charge is 2.33. The summed E-state index contributed by atoms with van der Waals surface area (Å²) in [6.45, 7) is 3.57. The van der Waals surface area contributed by atoms with Gasteiger partial charge in [-0.05, 0) is 43.4 Å². The summed E-state index contributed by atoms with van der Waals surface area (Å²) in [6, 6.07) is 9.35. The summed E-state index contributed by atoms with van der Waals surface area (Å²) in [5.74, 6) is 1.39. The van der Waals surface area contributed by atoms with E-state index >= 15 is 0 Å². The summed E-state index contributed by atoms with van der Waals surface area (Å²) in [5.41, 5.74) is 1.34. The Bertz CT molecular complexity index is 796. The van der Waals surface area contributed by atoms with Gasteiger partial charge in [-0.3, -0.25) is 9.59 Å². The number of amides is 2. The van der Waals surface area contributed by atoms with Gasteiger partial charge in [-0.1, -0.05) is 24.2 Å². The van der Waals surface area contributed by atoms with Gasteiger partial charge in [0.15, 0.2) is 11.5 Å². The predicted molar refractivity (Wildman–Crippen MR) is 104 cm³/mol. The molecule has 1 aliphatic rings. The number of nitrogens with zero attached hydrogens (tertiary/aromatic N) is 2. The Morgan fingerprint density at radius 3 is 2.68 bits per heavy atom. The largest absolute Gasteiger partial charge is 0.497 e. The van der Waals surface area contributed by atoms with Gasteiger partial charge in [0.2, 0.25) is 5.91 Å². The smallest absolute Gasteiger partial charge is 0.273 e. The standard InChI is InChI=1S/C21H27N3O4/c1-3-12-24(21(26)16-6-7-16)14-18-13-19(23-28-18)20(25)22-11-10-15-4-8-17(27-2)9-5-15/h4-5,8-9,13,16H,3,6-7,10-12,14H2,1-2H3,(H,22,25). The van der Waals surface area contributed by atoms with Crippen LogP contribution in [0.3, 0.4) is 0 Å². The molecule has 0 unspecified atom stereocenters. The van der Waals surface area contributed by atoms with Gasteiger partial charge in [0, 0.05) is 25.1 Å². The highest BCUT2D eigenvalue weighted by molar-refractivity contribution is 5.92. The first-order valence-corrected chi connectivity index (χ1v) is 9.76. The van der Waals surface area contributed by atoms with Crippen LogP contribution in [0.1, 0.15) is 48.0 Å². The molecule has 1 saturated carbocycles. The molecule has 0 saturated heterocycles. The number of aromatic nitrogens is 1. The molecule has 2 amide bonds. The van der Waals surface area contributed by atoms with Gasteiger partial charge >= 0.3 is 0 Å². The Kier molecular flexibility index (Phi) is 6.68. The van der Waals surface area contributed by atoms with E-state index < -0.39 is 0 Å². The number of nitrogens with one attached hydrogen (secondary N) is 1. The molecule has 1 heterocycles. The number of carbonyl (C=O) groups excluding carboxylic acids is 2. The summed E-state index contributed by atoms with van der Waals surface area (Å²) in [6.07, 6.45) is 3.53. The lowest BCUT2D eigenvalue weighted by atomic mass is 10.1. The Morgan fingerprint density at radius 1 is 1.29 bits per heavy atom. The molecule has 0 spiro atoms. The van der Waals surface area contributed by atoms with E-state index in [9.17, 15) is 9.59 Å². The zero-order valence-electron chi connectivity index (χ0n) is 16.4. The molecule has 2 aromatic rings. The van der Waals surface area contributed by atoms with Crippen LogP contribution in [0.2, 0.25) is 0 Å². The number of hydrogen-bond donors (Lipinski definition) is 1. The molecule has 3 rings (SSSR count). The molecule has 1 fully saturated rings. The van der Waals surface area contributed by atoms with Crippen LogP contribution in [-0.4, -0.2) is 42.1 Å². The van der Waals surface area contributed by atoms with Gasteiger partial charge in [0.05, 0.1) is 13.7 Å². The van der Waals surface area contributed by atoms with Crippen LogP contribution in [0, 0.1) is 5.92 Å². The van der Waals surface area contributed by atoms with Crippen molar-refractivity contribution in [3.05, 3.63) is 47.3 Å². The Balaban J connectivity index is 1.49. The van der Waals surface area contributed by atoms with Crippen LogP contribution >= 0.6 is 0 Å². The number of rotatable bonds is 10. The second kappa shape index (κ2) is 9.39. The number of ether oxygens (including phenoxy) is 1. The molecule has 1 aliphatic carbocycles. The average molecular weight is 385 g/mol. The predicted octanol–water partition coefficient (Wildman–Crippen LogP) is 2.80. The summed E-state index contributed by atoms with van der Waals surface area (Å²) in [4.78, 5) is 26.4. The topological polar surface area (TPSA) is 84.7 Å². The van der Waals surface area contributed by atoms with Crippen molar-refractivity contribution in [2.24, 2.45) is 5.92 Å². The van der Waals surface area contributed by atoms with Gasteiger partial charge in [-0.2, -0.15) is 0 Å². The molecule has 0 atom stereocenters. The van der Waals surface area contributed by atoms with Gasteiger partial charge in [0.25, 0.3) is 5.91 Å². The highest BCUT2D eigenvalue weighted by Crippen LogP contribution is 2.31. The third-order valence-electron chi connectivity index (χ3n) is 4.73. The maximum absolute atomic E-state index is 12.3. The summed E-state index contributed by atoms with van der Waals surface area (Å²) in [5, 5.41) is 6.70. The second-order valence-corrected chi connectivity index (χ2v) is 7.07. The third kappa shape index (κ3) is 5.34. The number of hydrogen-bond acceptors (Lipinski definition) is 5. The van der Waals surface area contributed by atoms with Crippen molar-refractivity contribution in [1.82, 2.24) is 15.4 Å². The molecule has 7 nitrogen and oxygen atoms in total. The van der Waals surface area contributed by atoms with Gasteiger partial charge in [-0.15, -0.1) is 0 Å².